The number of carbonyl (C=O) groups excluding carboxylic acids is 3. The molecule has 2 amide bonds. The number of fused-ring (bicyclic) bond motifs is 1. The minimum Gasteiger partial charge on any atom is -0.508 e. The Hall–Kier alpha value is -3.19. The number of amides is 2. The van der Waals surface area contributed by atoms with Crippen molar-refractivity contribution in [2.24, 2.45) is 11.8 Å². The van der Waals surface area contributed by atoms with Gasteiger partial charge in [0.25, 0.3) is 0 Å². The van der Waals surface area contributed by atoms with Crippen LogP contribution in [0.4, 0.5) is 5.69 Å². The number of phenolic OH excluding ortho intramolecular Hbond substituents is 1. The molecule has 0 radical (unpaired) electrons. The van der Waals surface area contributed by atoms with E-state index in [4.69, 9.17) is 4.74 Å². The highest BCUT2D eigenvalue weighted by atomic mass is 16.5. The Morgan fingerprint density at radius 3 is 2.30 bits per heavy atom. The fourth-order valence-electron chi connectivity index (χ4n) is 4.94. The highest BCUT2D eigenvalue weighted by molar-refractivity contribution is 6.23. The third kappa shape index (κ3) is 2.81. The summed E-state index contributed by atoms with van der Waals surface area (Å²) in [6.45, 7) is 3.76. The monoisotopic (exact) mass is 409 g/mol. The molecule has 7 nitrogen and oxygen atoms in total. The second kappa shape index (κ2) is 7.25. The summed E-state index contributed by atoms with van der Waals surface area (Å²) >= 11 is 0. The molecule has 0 bridgehead atoms. The molecular formula is C23H25N2O5+. The summed E-state index contributed by atoms with van der Waals surface area (Å²) in [6.07, 6.45) is 0.343. The van der Waals surface area contributed by atoms with Crippen LogP contribution in [0.1, 0.15) is 30.5 Å². The molecule has 0 spiro atoms. The zero-order chi connectivity index (χ0) is 21.6. The molecule has 2 aromatic carbocycles. The van der Waals surface area contributed by atoms with Gasteiger partial charge in [0.05, 0.1) is 12.8 Å². The molecule has 3 N–H and O–H groups in total. The summed E-state index contributed by atoms with van der Waals surface area (Å²) in [5, 5.41) is 11.5. The van der Waals surface area contributed by atoms with Gasteiger partial charge in [-0.25, -0.2) is 9.69 Å². The lowest BCUT2D eigenvalue weighted by molar-refractivity contribution is -0.734. The molecule has 2 heterocycles. The zero-order valence-electron chi connectivity index (χ0n) is 17.2. The van der Waals surface area contributed by atoms with Gasteiger partial charge in [0.1, 0.15) is 23.6 Å². The fraction of sp³-hybridized carbons (Fsp3) is 0.348. The van der Waals surface area contributed by atoms with Crippen LogP contribution in [0.15, 0.2) is 48.5 Å². The van der Waals surface area contributed by atoms with Crippen molar-refractivity contribution in [2.45, 2.75) is 31.8 Å². The molecule has 2 aromatic rings. The Balaban J connectivity index is 1.84. The largest absolute Gasteiger partial charge is 0.508 e. The van der Waals surface area contributed by atoms with Crippen LogP contribution in [0.3, 0.4) is 0 Å². The number of aryl methyl sites for hydroxylation is 1. The number of phenols is 1. The second-order valence-electron chi connectivity index (χ2n) is 8.02. The molecule has 156 valence electrons. The van der Waals surface area contributed by atoms with E-state index in [2.05, 4.69) is 0 Å². The van der Waals surface area contributed by atoms with E-state index in [1.165, 1.54) is 12.0 Å². The highest BCUT2D eigenvalue weighted by Gasteiger charge is 2.72. The van der Waals surface area contributed by atoms with Crippen molar-refractivity contribution in [3.63, 3.8) is 0 Å². The average molecular weight is 409 g/mol. The van der Waals surface area contributed by atoms with Gasteiger partial charge in [-0.2, -0.15) is 0 Å². The van der Waals surface area contributed by atoms with E-state index in [-0.39, 0.29) is 17.6 Å². The van der Waals surface area contributed by atoms with Crippen molar-refractivity contribution < 1.29 is 29.5 Å². The van der Waals surface area contributed by atoms with Crippen molar-refractivity contribution in [1.82, 2.24) is 0 Å². The van der Waals surface area contributed by atoms with Crippen LogP contribution in [0.5, 0.6) is 5.75 Å². The number of nitrogens with zero attached hydrogens (tertiary/aromatic N) is 1. The number of ether oxygens (including phenoxy) is 1. The number of aromatic hydroxyl groups is 1. The van der Waals surface area contributed by atoms with Crippen molar-refractivity contribution in [3.05, 3.63) is 59.7 Å². The number of anilines is 1. The van der Waals surface area contributed by atoms with Gasteiger partial charge in [-0.15, -0.1) is 0 Å². The van der Waals surface area contributed by atoms with E-state index in [1.54, 1.807) is 36.4 Å². The number of rotatable bonds is 4. The minimum absolute atomic E-state index is 0.109. The Morgan fingerprint density at radius 1 is 1.10 bits per heavy atom. The molecule has 2 saturated heterocycles. The maximum atomic E-state index is 13.5. The molecule has 30 heavy (non-hydrogen) atoms. The zero-order valence-corrected chi connectivity index (χ0v) is 17.2. The number of imide groups is 1. The van der Waals surface area contributed by atoms with Crippen LogP contribution in [0, 0.1) is 18.8 Å². The standard InChI is InChI=1S/C23H24N2O5/c1-4-23(22(29)30-3)18-17(19(24-23)14-7-11-16(26)12-8-14)20(27)25(21(18)28)15-9-5-13(2)6-10-15/h5-12,17-19,24,26H,4H2,1-3H3/p+1/t17-,18-,19-,23+/m0/s1. The van der Waals surface area contributed by atoms with Gasteiger partial charge in [0.15, 0.2) is 0 Å². The SMILES string of the molecule is CC[C@@]1(C(=O)OC)[NH2+][C@@H](c2ccc(O)cc2)[C@H]2C(=O)N(c3ccc(C)cc3)C(=O)[C@H]21. The summed E-state index contributed by atoms with van der Waals surface area (Å²) in [5.41, 5.74) is 1.11. The van der Waals surface area contributed by atoms with Crippen LogP contribution in [0.25, 0.3) is 0 Å². The van der Waals surface area contributed by atoms with E-state index in [9.17, 15) is 19.5 Å². The van der Waals surface area contributed by atoms with Crippen LogP contribution < -0.4 is 10.2 Å². The van der Waals surface area contributed by atoms with Gasteiger partial charge in [-0.05, 0) is 43.3 Å². The van der Waals surface area contributed by atoms with E-state index in [1.807, 2.05) is 31.3 Å². The maximum Gasteiger partial charge on any atom is 0.368 e. The normalized spacial score (nSPS) is 28.0. The molecule has 4 atom stereocenters. The number of hydrogen-bond donors (Lipinski definition) is 2. The van der Waals surface area contributed by atoms with Crippen molar-refractivity contribution in [2.75, 3.05) is 12.0 Å². The molecular weight excluding hydrogens is 384 g/mol. The lowest BCUT2D eigenvalue weighted by atomic mass is 9.78. The van der Waals surface area contributed by atoms with E-state index < -0.39 is 29.4 Å². The number of esters is 1. The molecule has 7 heteroatoms. The fourth-order valence-corrected chi connectivity index (χ4v) is 4.94. The molecule has 0 saturated carbocycles. The molecule has 2 fully saturated rings. The van der Waals surface area contributed by atoms with Crippen LogP contribution in [-0.2, 0) is 19.1 Å². The third-order valence-corrected chi connectivity index (χ3v) is 6.49. The first-order valence-electron chi connectivity index (χ1n) is 10.0. The minimum atomic E-state index is -1.19. The van der Waals surface area contributed by atoms with Gasteiger partial charge in [0.2, 0.25) is 17.4 Å². The lowest BCUT2D eigenvalue weighted by Gasteiger charge is -2.28. The first kappa shape index (κ1) is 20.1. The molecule has 2 aliphatic rings. The summed E-state index contributed by atoms with van der Waals surface area (Å²) < 4.78 is 5.09. The van der Waals surface area contributed by atoms with Crippen molar-refractivity contribution >= 4 is 23.5 Å². The van der Waals surface area contributed by atoms with E-state index >= 15 is 0 Å². The molecule has 4 rings (SSSR count). The Kier molecular flexibility index (Phi) is 4.86. The predicted octanol–water partition coefficient (Wildman–Crippen LogP) is 1.45. The number of methoxy groups -OCH3 is 1. The van der Waals surface area contributed by atoms with Gasteiger partial charge in [-0.1, -0.05) is 24.6 Å². The number of hydrogen-bond acceptors (Lipinski definition) is 5. The van der Waals surface area contributed by atoms with Crippen LogP contribution in [0.2, 0.25) is 0 Å². The van der Waals surface area contributed by atoms with Crippen molar-refractivity contribution in [1.29, 1.82) is 0 Å². The Morgan fingerprint density at radius 2 is 1.73 bits per heavy atom. The summed E-state index contributed by atoms with van der Waals surface area (Å²) in [4.78, 5) is 41.2. The highest BCUT2D eigenvalue weighted by Crippen LogP contribution is 2.47. The van der Waals surface area contributed by atoms with Gasteiger partial charge < -0.3 is 15.2 Å². The quantitative estimate of drug-likeness (QED) is 0.588. The first-order chi connectivity index (χ1) is 14.3. The third-order valence-electron chi connectivity index (χ3n) is 6.49. The Labute approximate surface area is 174 Å². The number of benzene rings is 2. The van der Waals surface area contributed by atoms with Gasteiger partial charge in [-0.3, -0.25) is 9.59 Å². The summed E-state index contributed by atoms with van der Waals surface area (Å²) in [6, 6.07) is 13.3. The summed E-state index contributed by atoms with van der Waals surface area (Å²) in [7, 11) is 1.30. The maximum absolute atomic E-state index is 13.5. The molecule has 2 aliphatic heterocycles. The smallest absolute Gasteiger partial charge is 0.368 e. The second-order valence-corrected chi connectivity index (χ2v) is 8.02. The number of carbonyl (C=O) groups is 3. The predicted molar refractivity (Wildman–Crippen MR) is 108 cm³/mol. The van der Waals surface area contributed by atoms with E-state index in [0.717, 1.165) is 11.1 Å². The molecule has 0 aromatic heterocycles. The van der Waals surface area contributed by atoms with Gasteiger partial charge >= 0.3 is 5.97 Å². The average Bonchev–Trinajstić information content (AvgIpc) is 3.23. The number of nitrogens with two attached hydrogens (primary N) is 1. The van der Waals surface area contributed by atoms with Crippen LogP contribution >= 0.6 is 0 Å². The van der Waals surface area contributed by atoms with Crippen molar-refractivity contribution in [3.8, 4) is 5.75 Å². The van der Waals surface area contributed by atoms with E-state index in [0.29, 0.717) is 12.1 Å². The van der Waals surface area contributed by atoms with Crippen LogP contribution in [-0.4, -0.2) is 35.5 Å². The van der Waals surface area contributed by atoms with Gasteiger partial charge in [0, 0.05) is 12.0 Å². The molecule has 0 aliphatic carbocycles. The summed E-state index contributed by atoms with van der Waals surface area (Å²) in [5.74, 6) is -2.63. The first-order valence-corrected chi connectivity index (χ1v) is 10.0. The number of quaternary nitrogens is 1. The molecule has 0 unspecified atom stereocenters. The lowest BCUT2D eigenvalue weighted by Crippen LogP contribution is -2.98. The topological polar surface area (TPSA) is 101 Å². The Bertz CT molecular complexity index is 1000.